The molecule has 0 saturated heterocycles. The fraction of sp³-hybridized carbons (Fsp3) is 0.222. The molecule has 1 aromatic rings. The third-order valence-electron chi connectivity index (χ3n) is 1.86. The van der Waals surface area contributed by atoms with E-state index in [2.05, 4.69) is 0 Å². The average Bonchev–Trinajstić information content (AvgIpc) is 2.16. The summed E-state index contributed by atoms with van der Waals surface area (Å²) in [5.74, 6) is -1.82. The maximum absolute atomic E-state index is 13.0. The quantitative estimate of drug-likeness (QED) is 0.736. The summed E-state index contributed by atoms with van der Waals surface area (Å²) in [6.07, 6.45) is 0. The number of nitrogens with two attached hydrogens (primary N) is 2. The van der Waals surface area contributed by atoms with Gasteiger partial charge in [0, 0.05) is 12.6 Å². The Morgan fingerprint density at radius 1 is 1.36 bits per heavy atom. The SMILES string of the molecule is N#Cc1c(F)cc([C@@H](N)CN)cc1F. The number of hydrogen-bond acceptors (Lipinski definition) is 3. The molecule has 0 amide bonds. The first-order chi connectivity index (χ1) is 6.60. The highest BCUT2D eigenvalue weighted by Crippen LogP contribution is 2.17. The molecular formula is C9H9F2N3. The van der Waals surface area contributed by atoms with Crippen LogP contribution >= 0.6 is 0 Å². The van der Waals surface area contributed by atoms with E-state index in [1.54, 1.807) is 0 Å². The van der Waals surface area contributed by atoms with Crippen molar-refractivity contribution in [2.45, 2.75) is 6.04 Å². The number of benzene rings is 1. The molecule has 0 aliphatic rings. The van der Waals surface area contributed by atoms with Crippen LogP contribution in [0, 0.1) is 23.0 Å². The van der Waals surface area contributed by atoms with E-state index in [1.165, 1.54) is 6.07 Å². The van der Waals surface area contributed by atoms with Crippen molar-refractivity contribution < 1.29 is 8.78 Å². The van der Waals surface area contributed by atoms with E-state index in [-0.39, 0.29) is 12.1 Å². The lowest BCUT2D eigenvalue weighted by atomic mass is 10.0. The smallest absolute Gasteiger partial charge is 0.144 e. The van der Waals surface area contributed by atoms with Gasteiger partial charge in [0.05, 0.1) is 0 Å². The van der Waals surface area contributed by atoms with Crippen molar-refractivity contribution in [2.24, 2.45) is 11.5 Å². The molecule has 1 aromatic carbocycles. The Morgan fingerprint density at radius 3 is 2.21 bits per heavy atom. The fourth-order valence-electron chi connectivity index (χ4n) is 1.05. The highest BCUT2D eigenvalue weighted by Gasteiger charge is 2.13. The van der Waals surface area contributed by atoms with Crippen LogP contribution in [0.5, 0.6) is 0 Å². The summed E-state index contributed by atoms with van der Waals surface area (Å²) in [7, 11) is 0. The second-order valence-electron chi connectivity index (χ2n) is 2.81. The Balaban J connectivity index is 3.22. The predicted molar refractivity (Wildman–Crippen MR) is 47.1 cm³/mol. The van der Waals surface area contributed by atoms with Gasteiger partial charge in [-0.15, -0.1) is 0 Å². The first-order valence-electron chi connectivity index (χ1n) is 3.94. The summed E-state index contributed by atoms with van der Waals surface area (Å²) in [5, 5.41) is 8.40. The number of hydrogen-bond donors (Lipinski definition) is 2. The van der Waals surface area contributed by atoms with Gasteiger partial charge in [-0.25, -0.2) is 8.78 Å². The van der Waals surface area contributed by atoms with Crippen molar-refractivity contribution in [2.75, 3.05) is 6.54 Å². The maximum atomic E-state index is 13.0. The summed E-state index contributed by atoms with van der Waals surface area (Å²) in [5.41, 5.74) is 10.4. The predicted octanol–water partition coefficient (Wildman–Crippen LogP) is 0.795. The van der Waals surface area contributed by atoms with Crippen LogP contribution in [-0.2, 0) is 0 Å². The Hall–Kier alpha value is -1.51. The van der Waals surface area contributed by atoms with Crippen molar-refractivity contribution in [1.82, 2.24) is 0 Å². The van der Waals surface area contributed by atoms with Gasteiger partial charge < -0.3 is 11.5 Å². The summed E-state index contributed by atoms with van der Waals surface area (Å²) < 4.78 is 26.1. The van der Waals surface area contributed by atoms with Crippen LogP contribution in [0.1, 0.15) is 17.2 Å². The number of nitrogens with zero attached hydrogens (tertiary/aromatic N) is 1. The molecule has 4 N–H and O–H groups in total. The summed E-state index contributed by atoms with van der Waals surface area (Å²) in [6.45, 7) is 0.0881. The number of rotatable bonds is 2. The molecule has 1 rings (SSSR count). The summed E-state index contributed by atoms with van der Waals surface area (Å²) in [6, 6.07) is 2.86. The molecule has 0 fully saturated rings. The Labute approximate surface area is 79.9 Å². The lowest BCUT2D eigenvalue weighted by Crippen LogP contribution is -2.21. The molecule has 14 heavy (non-hydrogen) atoms. The van der Waals surface area contributed by atoms with Crippen molar-refractivity contribution >= 4 is 0 Å². The largest absolute Gasteiger partial charge is 0.329 e. The minimum Gasteiger partial charge on any atom is -0.329 e. The molecule has 0 aromatic heterocycles. The van der Waals surface area contributed by atoms with Gasteiger partial charge in [-0.05, 0) is 17.7 Å². The molecule has 0 bridgehead atoms. The van der Waals surface area contributed by atoms with E-state index in [9.17, 15) is 8.78 Å². The lowest BCUT2D eigenvalue weighted by Gasteiger charge is -2.09. The summed E-state index contributed by atoms with van der Waals surface area (Å²) >= 11 is 0. The molecule has 0 saturated carbocycles. The monoisotopic (exact) mass is 197 g/mol. The van der Waals surface area contributed by atoms with Gasteiger partial charge in [0.1, 0.15) is 23.3 Å². The molecule has 1 atom stereocenters. The van der Waals surface area contributed by atoms with E-state index >= 15 is 0 Å². The van der Waals surface area contributed by atoms with Crippen LogP contribution in [0.4, 0.5) is 8.78 Å². The van der Waals surface area contributed by atoms with Gasteiger partial charge in [0.2, 0.25) is 0 Å². The van der Waals surface area contributed by atoms with Crippen LogP contribution in [0.15, 0.2) is 12.1 Å². The molecule has 3 nitrogen and oxygen atoms in total. The fourth-order valence-corrected chi connectivity index (χ4v) is 1.05. The zero-order chi connectivity index (χ0) is 10.7. The first kappa shape index (κ1) is 10.6. The van der Waals surface area contributed by atoms with Crippen molar-refractivity contribution in [1.29, 1.82) is 5.26 Å². The van der Waals surface area contributed by atoms with Crippen LogP contribution in [0.25, 0.3) is 0 Å². The normalized spacial score (nSPS) is 12.2. The van der Waals surface area contributed by atoms with Crippen molar-refractivity contribution in [3.8, 4) is 6.07 Å². The Kier molecular flexibility index (Phi) is 3.12. The van der Waals surface area contributed by atoms with Crippen molar-refractivity contribution in [3.05, 3.63) is 34.9 Å². The molecule has 74 valence electrons. The zero-order valence-corrected chi connectivity index (χ0v) is 7.30. The van der Waals surface area contributed by atoms with Crippen LogP contribution in [0.2, 0.25) is 0 Å². The van der Waals surface area contributed by atoms with Gasteiger partial charge in [0.15, 0.2) is 0 Å². The molecule has 0 heterocycles. The second-order valence-corrected chi connectivity index (χ2v) is 2.81. The molecular weight excluding hydrogens is 188 g/mol. The standard InChI is InChI=1S/C9H9F2N3/c10-7-1-5(9(14)4-13)2-8(11)6(7)3-12/h1-2,9H,4,13-14H2/t9-/m0/s1. The third kappa shape index (κ3) is 1.87. The van der Waals surface area contributed by atoms with E-state index in [1.807, 2.05) is 0 Å². The van der Waals surface area contributed by atoms with Gasteiger partial charge in [-0.3, -0.25) is 0 Å². The zero-order valence-electron chi connectivity index (χ0n) is 7.30. The van der Waals surface area contributed by atoms with Gasteiger partial charge >= 0.3 is 0 Å². The number of nitriles is 1. The molecule has 0 unspecified atom stereocenters. The first-order valence-corrected chi connectivity index (χ1v) is 3.94. The van der Waals surface area contributed by atoms with Gasteiger partial charge in [-0.2, -0.15) is 5.26 Å². The minimum absolute atomic E-state index is 0.0881. The van der Waals surface area contributed by atoms with E-state index < -0.39 is 23.2 Å². The molecule has 0 aliphatic carbocycles. The molecule has 0 aliphatic heterocycles. The van der Waals surface area contributed by atoms with E-state index in [4.69, 9.17) is 16.7 Å². The topological polar surface area (TPSA) is 75.8 Å². The minimum atomic E-state index is -0.911. The summed E-state index contributed by atoms with van der Waals surface area (Å²) in [4.78, 5) is 0. The van der Waals surface area contributed by atoms with E-state index in [0.717, 1.165) is 12.1 Å². The second kappa shape index (κ2) is 4.13. The molecule has 5 heteroatoms. The van der Waals surface area contributed by atoms with Crippen LogP contribution < -0.4 is 11.5 Å². The van der Waals surface area contributed by atoms with Crippen LogP contribution in [0.3, 0.4) is 0 Å². The third-order valence-corrected chi connectivity index (χ3v) is 1.86. The van der Waals surface area contributed by atoms with E-state index in [0.29, 0.717) is 0 Å². The average molecular weight is 197 g/mol. The van der Waals surface area contributed by atoms with Gasteiger partial charge in [-0.1, -0.05) is 0 Å². The number of halogens is 2. The van der Waals surface area contributed by atoms with Crippen LogP contribution in [-0.4, -0.2) is 6.54 Å². The molecule has 0 radical (unpaired) electrons. The highest BCUT2D eigenvalue weighted by molar-refractivity contribution is 5.36. The Morgan fingerprint density at radius 2 is 1.86 bits per heavy atom. The van der Waals surface area contributed by atoms with Gasteiger partial charge in [0.25, 0.3) is 0 Å². The highest BCUT2D eigenvalue weighted by atomic mass is 19.1. The lowest BCUT2D eigenvalue weighted by molar-refractivity contribution is 0.567. The molecule has 0 spiro atoms. The Bertz CT molecular complexity index is 361. The maximum Gasteiger partial charge on any atom is 0.144 e. The van der Waals surface area contributed by atoms with Crippen molar-refractivity contribution in [3.63, 3.8) is 0 Å².